The van der Waals surface area contributed by atoms with Crippen molar-refractivity contribution in [2.45, 2.75) is 18.6 Å². The fourth-order valence-corrected chi connectivity index (χ4v) is 3.69. The van der Waals surface area contributed by atoms with Gasteiger partial charge in [-0.1, -0.05) is 17.8 Å². The highest BCUT2D eigenvalue weighted by Gasteiger charge is 2.19. The van der Waals surface area contributed by atoms with Crippen LogP contribution in [0, 0.1) is 0 Å². The van der Waals surface area contributed by atoms with Crippen LogP contribution in [0.5, 0.6) is 5.75 Å². The first-order chi connectivity index (χ1) is 15.2. The van der Waals surface area contributed by atoms with E-state index in [1.165, 1.54) is 11.8 Å². The summed E-state index contributed by atoms with van der Waals surface area (Å²) in [4.78, 5) is 16.4. The first kappa shape index (κ1) is 20.7. The molecule has 0 aliphatic carbocycles. The lowest BCUT2D eigenvalue weighted by Gasteiger charge is -2.10. The Balaban J connectivity index is 1.51. The topological polar surface area (TPSA) is 95.1 Å². The molecule has 0 aliphatic heterocycles. The average molecular weight is 436 g/mol. The van der Waals surface area contributed by atoms with Gasteiger partial charge in [0.2, 0.25) is 11.7 Å². The maximum atomic E-state index is 12.3. The zero-order chi connectivity index (χ0) is 21.5. The third-order valence-electron chi connectivity index (χ3n) is 4.33. The minimum absolute atomic E-state index is 0.102. The molecule has 0 bridgehead atoms. The van der Waals surface area contributed by atoms with Gasteiger partial charge >= 0.3 is 0 Å². The molecule has 158 valence electrons. The van der Waals surface area contributed by atoms with Crippen molar-refractivity contribution in [2.75, 3.05) is 12.4 Å². The monoisotopic (exact) mass is 435 g/mol. The zero-order valence-corrected chi connectivity index (χ0v) is 17.7. The van der Waals surface area contributed by atoms with Crippen LogP contribution in [0.4, 0.5) is 0 Å². The van der Waals surface area contributed by atoms with Gasteiger partial charge in [0.1, 0.15) is 5.75 Å². The van der Waals surface area contributed by atoms with Crippen LogP contribution in [0.15, 0.2) is 76.8 Å². The Labute approximate surface area is 183 Å². The number of ether oxygens (including phenoxy) is 1. The number of benzene rings is 1. The Morgan fingerprint density at radius 2 is 2.03 bits per heavy atom. The molecule has 0 radical (unpaired) electrons. The summed E-state index contributed by atoms with van der Waals surface area (Å²) < 4.78 is 12.9. The lowest BCUT2D eigenvalue weighted by molar-refractivity contribution is -0.118. The number of furan rings is 1. The summed E-state index contributed by atoms with van der Waals surface area (Å²) in [7, 11) is 0. The summed E-state index contributed by atoms with van der Waals surface area (Å²) >= 11 is 1.31. The number of nitrogens with one attached hydrogen (secondary N) is 1. The van der Waals surface area contributed by atoms with Crippen LogP contribution in [-0.4, -0.2) is 38.0 Å². The van der Waals surface area contributed by atoms with Gasteiger partial charge in [-0.25, -0.2) is 0 Å². The van der Waals surface area contributed by atoms with E-state index < -0.39 is 0 Å². The second-order valence-corrected chi connectivity index (χ2v) is 7.41. The fraction of sp³-hybridized carbons (Fsp3) is 0.182. The summed E-state index contributed by atoms with van der Waals surface area (Å²) in [6, 6.07) is 15.0. The van der Waals surface area contributed by atoms with Gasteiger partial charge in [0.05, 0.1) is 24.3 Å². The van der Waals surface area contributed by atoms with E-state index in [1.807, 2.05) is 54.0 Å². The fourth-order valence-electron chi connectivity index (χ4n) is 2.90. The molecule has 0 aliphatic rings. The Hall–Kier alpha value is -3.59. The number of amides is 1. The van der Waals surface area contributed by atoms with Crippen LogP contribution in [-0.2, 0) is 11.3 Å². The molecule has 0 unspecified atom stereocenters. The quantitative estimate of drug-likeness (QED) is 0.400. The number of thioether (sulfide) groups is 1. The Kier molecular flexibility index (Phi) is 6.63. The highest BCUT2D eigenvalue weighted by molar-refractivity contribution is 7.99. The molecule has 9 heteroatoms. The largest absolute Gasteiger partial charge is 0.494 e. The maximum Gasteiger partial charge on any atom is 0.230 e. The molecule has 0 saturated carbocycles. The standard InChI is InChI=1S/C22H21N5O3S/c1-2-29-18-9-7-17(8-10-18)27-21(19-6-4-12-30-19)25-26-22(27)31-15-20(28)24-14-16-5-3-11-23-13-16/h3-13H,2,14-15H2,1H3,(H,24,28). The maximum absolute atomic E-state index is 12.3. The second-order valence-electron chi connectivity index (χ2n) is 6.47. The summed E-state index contributed by atoms with van der Waals surface area (Å²) in [5, 5.41) is 12.1. The zero-order valence-electron chi connectivity index (χ0n) is 16.9. The normalized spacial score (nSPS) is 10.7. The summed E-state index contributed by atoms with van der Waals surface area (Å²) in [5.41, 5.74) is 1.79. The van der Waals surface area contributed by atoms with E-state index >= 15 is 0 Å². The Bertz CT molecular complexity index is 1110. The van der Waals surface area contributed by atoms with Gasteiger partial charge in [0, 0.05) is 18.9 Å². The smallest absolute Gasteiger partial charge is 0.230 e. The summed E-state index contributed by atoms with van der Waals surface area (Å²) in [6.45, 7) is 2.96. The van der Waals surface area contributed by atoms with Gasteiger partial charge in [-0.15, -0.1) is 10.2 Å². The number of hydrogen-bond donors (Lipinski definition) is 1. The van der Waals surface area contributed by atoms with Gasteiger partial charge in [-0.2, -0.15) is 0 Å². The molecule has 8 nitrogen and oxygen atoms in total. The molecule has 1 amide bonds. The average Bonchev–Trinajstić information content (AvgIpc) is 3.48. The van der Waals surface area contributed by atoms with Crippen molar-refractivity contribution in [2.24, 2.45) is 0 Å². The molecule has 1 N–H and O–H groups in total. The number of aromatic nitrogens is 4. The van der Waals surface area contributed by atoms with Crippen molar-refractivity contribution in [1.82, 2.24) is 25.1 Å². The lowest BCUT2D eigenvalue weighted by Crippen LogP contribution is -2.24. The molecular formula is C22H21N5O3S. The van der Waals surface area contributed by atoms with Gasteiger partial charge in [-0.05, 0) is 55.0 Å². The predicted octanol–water partition coefficient (Wildman–Crippen LogP) is 3.73. The van der Waals surface area contributed by atoms with Crippen molar-refractivity contribution in [1.29, 1.82) is 0 Å². The predicted molar refractivity (Wildman–Crippen MR) is 117 cm³/mol. The van der Waals surface area contributed by atoms with E-state index in [1.54, 1.807) is 24.7 Å². The molecule has 1 aromatic carbocycles. The van der Waals surface area contributed by atoms with E-state index in [9.17, 15) is 4.79 Å². The third kappa shape index (κ3) is 5.13. The number of nitrogens with zero attached hydrogens (tertiary/aromatic N) is 4. The van der Waals surface area contributed by atoms with Crippen LogP contribution in [0.25, 0.3) is 17.3 Å². The molecule has 4 rings (SSSR count). The van der Waals surface area contributed by atoms with Gasteiger partial charge < -0.3 is 14.5 Å². The number of rotatable bonds is 9. The van der Waals surface area contributed by atoms with Crippen molar-refractivity contribution in [3.05, 3.63) is 72.8 Å². The molecule has 0 spiro atoms. The van der Waals surface area contributed by atoms with Gasteiger partial charge in [0.25, 0.3) is 0 Å². The number of carbonyl (C=O) groups excluding carboxylic acids is 1. The van der Waals surface area contributed by atoms with Crippen LogP contribution < -0.4 is 10.1 Å². The molecular weight excluding hydrogens is 414 g/mol. The number of pyridine rings is 1. The Morgan fingerprint density at radius 3 is 2.74 bits per heavy atom. The molecule has 31 heavy (non-hydrogen) atoms. The third-order valence-corrected chi connectivity index (χ3v) is 5.25. The van der Waals surface area contributed by atoms with Crippen molar-refractivity contribution in [3.8, 4) is 23.0 Å². The van der Waals surface area contributed by atoms with Crippen LogP contribution in [0.1, 0.15) is 12.5 Å². The van der Waals surface area contributed by atoms with Crippen molar-refractivity contribution >= 4 is 17.7 Å². The van der Waals surface area contributed by atoms with Crippen LogP contribution in [0.2, 0.25) is 0 Å². The number of hydrogen-bond acceptors (Lipinski definition) is 7. The van der Waals surface area contributed by atoms with E-state index in [0.29, 0.717) is 29.9 Å². The van der Waals surface area contributed by atoms with Crippen LogP contribution >= 0.6 is 11.8 Å². The molecule has 4 aromatic rings. The highest BCUT2D eigenvalue weighted by Crippen LogP contribution is 2.29. The highest BCUT2D eigenvalue weighted by atomic mass is 32.2. The first-order valence-electron chi connectivity index (χ1n) is 9.75. The van der Waals surface area contributed by atoms with E-state index in [4.69, 9.17) is 9.15 Å². The lowest BCUT2D eigenvalue weighted by atomic mass is 10.3. The van der Waals surface area contributed by atoms with E-state index in [-0.39, 0.29) is 11.7 Å². The molecule has 0 atom stereocenters. The molecule has 3 aromatic heterocycles. The molecule has 0 saturated heterocycles. The van der Waals surface area contributed by atoms with Crippen LogP contribution in [0.3, 0.4) is 0 Å². The SMILES string of the molecule is CCOc1ccc(-n2c(SCC(=O)NCc3cccnc3)nnc2-c2ccco2)cc1. The van der Waals surface area contributed by atoms with Gasteiger partial charge in [-0.3, -0.25) is 14.3 Å². The molecule has 3 heterocycles. The summed E-state index contributed by atoms with van der Waals surface area (Å²) in [6.07, 6.45) is 5.02. The minimum atomic E-state index is -0.102. The van der Waals surface area contributed by atoms with E-state index in [2.05, 4.69) is 20.5 Å². The van der Waals surface area contributed by atoms with Crippen molar-refractivity contribution < 1.29 is 13.9 Å². The van der Waals surface area contributed by atoms with E-state index in [0.717, 1.165) is 17.0 Å². The van der Waals surface area contributed by atoms with Crippen molar-refractivity contribution in [3.63, 3.8) is 0 Å². The molecule has 0 fully saturated rings. The second kappa shape index (κ2) is 9.94. The first-order valence-corrected chi connectivity index (χ1v) is 10.7. The Morgan fingerprint density at radius 1 is 1.16 bits per heavy atom. The summed E-state index contributed by atoms with van der Waals surface area (Å²) in [5.74, 6) is 2.03. The van der Waals surface area contributed by atoms with Gasteiger partial charge in [0.15, 0.2) is 10.9 Å². The minimum Gasteiger partial charge on any atom is -0.494 e. The number of carbonyl (C=O) groups is 1.